The van der Waals surface area contributed by atoms with Crippen LogP contribution in [0.25, 0.3) is 0 Å². The lowest BCUT2D eigenvalue weighted by molar-refractivity contribution is -0.129. The van der Waals surface area contributed by atoms with E-state index in [0.717, 1.165) is 30.2 Å². The van der Waals surface area contributed by atoms with Gasteiger partial charge in [0.05, 0.1) is 12.1 Å². The number of carbonyl (C=O) groups is 1. The predicted octanol–water partition coefficient (Wildman–Crippen LogP) is 2.64. The Morgan fingerprint density at radius 1 is 1.35 bits per heavy atom. The molecule has 0 heterocycles. The van der Waals surface area contributed by atoms with Crippen LogP contribution in [0.2, 0.25) is 0 Å². The van der Waals surface area contributed by atoms with E-state index in [1.807, 2.05) is 24.3 Å². The first-order valence-electron chi connectivity index (χ1n) is 6.97. The van der Waals surface area contributed by atoms with Gasteiger partial charge in [0.2, 0.25) is 0 Å². The number of aliphatic hydroxyl groups excluding tert-OH is 1. The lowest BCUT2D eigenvalue weighted by Gasteiger charge is -2.29. The van der Waals surface area contributed by atoms with Gasteiger partial charge in [-0.15, -0.1) is 0 Å². The van der Waals surface area contributed by atoms with Crippen LogP contribution in [0.4, 0.5) is 0 Å². The fourth-order valence-corrected chi connectivity index (χ4v) is 2.61. The van der Waals surface area contributed by atoms with Crippen LogP contribution in [-0.2, 0) is 4.79 Å². The number of rotatable bonds is 4. The van der Waals surface area contributed by atoms with E-state index < -0.39 is 12.2 Å². The summed E-state index contributed by atoms with van der Waals surface area (Å²) in [5.41, 5.74) is 0. The molecule has 2 N–H and O–H groups in total. The first-order chi connectivity index (χ1) is 9.56. The number of hydrogen-bond donors (Lipinski definition) is 2. The van der Waals surface area contributed by atoms with Gasteiger partial charge in [0.1, 0.15) is 5.75 Å². The molecule has 0 aromatic heterocycles. The minimum absolute atomic E-state index is 0.146. The predicted molar refractivity (Wildman–Crippen MR) is 80.6 cm³/mol. The molecule has 1 aliphatic carbocycles. The summed E-state index contributed by atoms with van der Waals surface area (Å²) in [6, 6.07) is 7.20. The zero-order valence-electron chi connectivity index (χ0n) is 11.5. The summed E-state index contributed by atoms with van der Waals surface area (Å²) in [5.74, 6) is 0.471. The van der Waals surface area contributed by atoms with E-state index >= 15 is 0 Å². The minimum Gasteiger partial charge on any atom is -0.481 e. The first kappa shape index (κ1) is 15.3. The molecule has 0 spiro atoms. The molecule has 4 nitrogen and oxygen atoms in total. The van der Waals surface area contributed by atoms with E-state index in [0.29, 0.717) is 5.75 Å². The molecule has 1 saturated carbocycles. The molecular weight excluding hydrogens is 322 g/mol. The topological polar surface area (TPSA) is 58.6 Å². The van der Waals surface area contributed by atoms with Gasteiger partial charge in [-0.2, -0.15) is 0 Å². The molecule has 1 aromatic carbocycles. The molecule has 2 rings (SSSR count). The van der Waals surface area contributed by atoms with Crippen LogP contribution in [0.15, 0.2) is 28.7 Å². The Kier molecular flexibility index (Phi) is 5.43. The van der Waals surface area contributed by atoms with E-state index in [1.165, 1.54) is 0 Å². The van der Waals surface area contributed by atoms with E-state index in [-0.39, 0.29) is 11.9 Å². The minimum atomic E-state index is -0.578. The Morgan fingerprint density at radius 2 is 2.00 bits per heavy atom. The fourth-order valence-electron chi connectivity index (χ4n) is 2.35. The highest BCUT2D eigenvalue weighted by Crippen LogP contribution is 2.20. The largest absolute Gasteiger partial charge is 0.481 e. The zero-order valence-corrected chi connectivity index (χ0v) is 13.1. The summed E-state index contributed by atoms with van der Waals surface area (Å²) in [4.78, 5) is 12.1. The third-order valence-electron chi connectivity index (χ3n) is 3.55. The van der Waals surface area contributed by atoms with Crippen LogP contribution < -0.4 is 10.1 Å². The van der Waals surface area contributed by atoms with Crippen molar-refractivity contribution < 1.29 is 14.6 Å². The summed E-state index contributed by atoms with van der Waals surface area (Å²) < 4.78 is 6.56. The molecule has 1 fully saturated rings. The molecule has 0 bridgehead atoms. The molecule has 1 aliphatic rings. The normalized spacial score (nSPS) is 23.9. The maximum absolute atomic E-state index is 12.1. The van der Waals surface area contributed by atoms with Gasteiger partial charge in [0.15, 0.2) is 6.10 Å². The number of ether oxygens (including phenoxy) is 1. The Bertz CT molecular complexity index is 449. The average molecular weight is 342 g/mol. The van der Waals surface area contributed by atoms with Gasteiger partial charge in [-0.25, -0.2) is 0 Å². The van der Waals surface area contributed by atoms with Gasteiger partial charge in [-0.3, -0.25) is 4.79 Å². The maximum Gasteiger partial charge on any atom is 0.261 e. The Balaban J connectivity index is 1.86. The summed E-state index contributed by atoms with van der Waals surface area (Å²) in [6.45, 7) is 1.71. The molecule has 0 aliphatic heterocycles. The number of hydrogen-bond acceptors (Lipinski definition) is 3. The van der Waals surface area contributed by atoms with E-state index in [4.69, 9.17) is 4.74 Å². The number of halogens is 1. The van der Waals surface area contributed by atoms with Crippen LogP contribution in [-0.4, -0.2) is 29.3 Å². The highest BCUT2D eigenvalue weighted by atomic mass is 79.9. The summed E-state index contributed by atoms with van der Waals surface area (Å²) in [5, 5.41) is 12.7. The molecule has 1 aromatic rings. The van der Waals surface area contributed by atoms with Crippen molar-refractivity contribution in [2.45, 2.75) is 50.9 Å². The van der Waals surface area contributed by atoms with E-state index in [9.17, 15) is 9.90 Å². The summed E-state index contributed by atoms with van der Waals surface area (Å²) in [7, 11) is 0. The molecule has 3 atom stereocenters. The third-order valence-corrected chi connectivity index (χ3v) is 4.08. The number of nitrogens with one attached hydrogen (secondary N) is 1. The standard InChI is InChI=1S/C15H20BrNO3/c1-10(20-12-8-6-11(16)7-9-12)15(19)17-13-4-2-3-5-14(13)18/h6-10,13-14,18H,2-5H2,1H3,(H,17,19)/t10?,13-,14-/m0/s1. The lowest BCUT2D eigenvalue weighted by atomic mass is 9.92. The molecule has 110 valence electrons. The average Bonchev–Trinajstić information content (AvgIpc) is 2.44. The second-order valence-electron chi connectivity index (χ2n) is 5.18. The number of benzene rings is 1. The summed E-state index contributed by atoms with van der Waals surface area (Å²) >= 11 is 3.35. The van der Waals surface area contributed by atoms with Crippen LogP contribution >= 0.6 is 15.9 Å². The van der Waals surface area contributed by atoms with Crippen molar-refractivity contribution in [3.63, 3.8) is 0 Å². The molecule has 5 heteroatoms. The number of carbonyl (C=O) groups excluding carboxylic acids is 1. The van der Waals surface area contributed by atoms with Crippen LogP contribution in [0.5, 0.6) is 5.75 Å². The van der Waals surface area contributed by atoms with Crippen molar-refractivity contribution in [3.8, 4) is 5.75 Å². The van der Waals surface area contributed by atoms with Gasteiger partial charge in [-0.1, -0.05) is 28.8 Å². The van der Waals surface area contributed by atoms with Crippen molar-refractivity contribution in [2.75, 3.05) is 0 Å². The van der Waals surface area contributed by atoms with Crippen LogP contribution in [0.3, 0.4) is 0 Å². The molecule has 0 radical (unpaired) electrons. The first-order valence-corrected chi connectivity index (χ1v) is 7.76. The summed E-state index contributed by atoms with van der Waals surface area (Å²) in [6.07, 6.45) is 2.64. The highest BCUT2D eigenvalue weighted by molar-refractivity contribution is 9.10. The van der Waals surface area contributed by atoms with Gasteiger partial charge in [0.25, 0.3) is 5.91 Å². The monoisotopic (exact) mass is 341 g/mol. The van der Waals surface area contributed by atoms with Gasteiger partial charge in [0, 0.05) is 4.47 Å². The molecule has 1 amide bonds. The second-order valence-corrected chi connectivity index (χ2v) is 6.10. The molecular formula is C15H20BrNO3. The van der Waals surface area contributed by atoms with E-state index in [1.54, 1.807) is 6.92 Å². The fraction of sp³-hybridized carbons (Fsp3) is 0.533. The van der Waals surface area contributed by atoms with Crippen molar-refractivity contribution in [3.05, 3.63) is 28.7 Å². The van der Waals surface area contributed by atoms with Gasteiger partial charge < -0.3 is 15.2 Å². The molecule has 20 heavy (non-hydrogen) atoms. The quantitative estimate of drug-likeness (QED) is 0.884. The third kappa shape index (κ3) is 4.21. The maximum atomic E-state index is 12.1. The Hall–Kier alpha value is -1.07. The molecule has 0 saturated heterocycles. The number of aliphatic hydroxyl groups is 1. The molecule has 1 unspecified atom stereocenters. The highest BCUT2D eigenvalue weighted by Gasteiger charge is 2.26. The van der Waals surface area contributed by atoms with Crippen molar-refractivity contribution in [2.24, 2.45) is 0 Å². The smallest absolute Gasteiger partial charge is 0.261 e. The Labute approximate surface area is 127 Å². The van der Waals surface area contributed by atoms with Crippen molar-refractivity contribution in [1.82, 2.24) is 5.32 Å². The lowest BCUT2D eigenvalue weighted by Crippen LogP contribution is -2.49. The van der Waals surface area contributed by atoms with Crippen molar-refractivity contribution >= 4 is 21.8 Å². The Morgan fingerprint density at radius 3 is 2.65 bits per heavy atom. The van der Waals surface area contributed by atoms with Crippen LogP contribution in [0, 0.1) is 0 Å². The van der Waals surface area contributed by atoms with Gasteiger partial charge >= 0.3 is 0 Å². The van der Waals surface area contributed by atoms with E-state index in [2.05, 4.69) is 21.2 Å². The van der Waals surface area contributed by atoms with Crippen molar-refractivity contribution in [1.29, 1.82) is 0 Å². The SMILES string of the molecule is CC(Oc1ccc(Br)cc1)C(=O)N[C@H]1CCCC[C@@H]1O. The van der Waals surface area contributed by atoms with Gasteiger partial charge in [-0.05, 0) is 44.0 Å². The van der Waals surface area contributed by atoms with Crippen LogP contribution in [0.1, 0.15) is 32.6 Å². The second kappa shape index (κ2) is 7.09. The zero-order chi connectivity index (χ0) is 14.5. The number of amides is 1.